The summed E-state index contributed by atoms with van der Waals surface area (Å²) < 4.78 is 32.9. The predicted molar refractivity (Wildman–Crippen MR) is 107 cm³/mol. The highest BCUT2D eigenvalue weighted by Gasteiger charge is 2.27. The first kappa shape index (κ1) is 19.9. The molecule has 0 atom stereocenters. The van der Waals surface area contributed by atoms with Gasteiger partial charge in [-0.25, -0.2) is 8.42 Å². The molecular formula is C19H24N2O4S2. The van der Waals surface area contributed by atoms with Gasteiger partial charge >= 0.3 is 0 Å². The summed E-state index contributed by atoms with van der Waals surface area (Å²) in [6.45, 7) is 3.34. The van der Waals surface area contributed by atoms with Crippen LogP contribution in [0.2, 0.25) is 0 Å². The zero-order valence-corrected chi connectivity index (χ0v) is 16.9. The van der Waals surface area contributed by atoms with Gasteiger partial charge in [0.2, 0.25) is 15.9 Å². The van der Waals surface area contributed by atoms with Crippen molar-refractivity contribution in [1.82, 2.24) is 4.31 Å². The Morgan fingerprint density at radius 2 is 2.00 bits per heavy atom. The van der Waals surface area contributed by atoms with Crippen molar-refractivity contribution in [2.75, 3.05) is 25.0 Å². The van der Waals surface area contributed by atoms with Gasteiger partial charge in [-0.15, -0.1) is 0 Å². The van der Waals surface area contributed by atoms with E-state index in [2.05, 4.69) is 5.32 Å². The average molecular weight is 409 g/mol. The number of hydrogen-bond donors (Lipinski definition) is 1. The van der Waals surface area contributed by atoms with E-state index in [0.29, 0.717) is 31.1 Å². The number of ether oxygens (including phenoxy) is 1. The molecule has 3 rings (SSSR count). The number of nitrogens with one attached hydrogen (secondary N) is 1. The fourth-order valence-electron chi connectivity index (χ4n) is 3.08. The average Bonchev–Trinajstić information content (AvgIpc) is 3.17. The maximum Gasteiger partial charge on any atom is 0.243 e. The smallest absolute Gasteiger partial charge is 0.243 e. The van der Waals surface area contributed by atoms with Crippen LogP contribution in [-0.2, 0) is 21.2 Å². The Labute approximate surface area is 164 Å². The third kappa shape index (κ3) is 4.88. The van der Waals surface area contributed by atoms with Crippen molar-refractivity contribution in [3.8, 4) is 5.75 Å². The Bertz CT molecular complexity index is 873. The maximum atomic E-state index is 12.9. The summed E-state index contributed by atoms with van der Waals surface area (Å²) in [6.07, 6.45) is 3.04. The van der Waals surface area contributed by atoms with Crippen LogP contribution in [0.4, 0.5) is 5.69 Å². The number of thiophene rings is 1. The molecule has 8 heteroatoms. The molecule has 0 aliphatic carbocycles. The molecule has 1 fully saturated rings. The predicted octanol–water partition coefficient (Wildman–Crippen LogP) is 3.50. The third-order valence-corrected chi connectivity index (χ3v) is 7.05. The van der Waals surface area contributed by atoms with Gasteiger partial charge in [0.15, 0.2) is 0 Å². The molecule has 146 valence electrons. The van der Waals surface area contributed by atoms with Crippen LogP contribution in [0.15, 0.2) is 39.9 Å². The molecule has 6 nitrogen and oxygen atoms in total. The number of carbonyl (C=O) groups excluding carboxylic acids is 1. The molecule has 0 radical (unpaired) electrons. The van der Waals surface area contributed by atoms with Gasteiger partial charge in [-0.2, -0.15) is 15.6 Å². The summed E-state index contributed by atoms with van der Waals surface area (Å²) in [4.78, 5) is 12.6. The van der Waals surface area contributed by atoms with Crippen molar-refractivity contribution >= 4 is 33.0 Å². The van der Waals surface area contributed by atoms with E-state index in [4.69, 9.17) is 4.74 Å². The van der Waals surface area contributed by atoms with Crippen LogP contribution in [0.3, 0.4) is 0 Å². The van der Waals surface area contributed by atoms with Gasteiger partial charge in [0.1, 0.15) is 5.75 Å². The highest BCUT2D eigenvalue weighted by atomic mass is 32.2. The van der Waals surface area contributed by atoms with Crippen molar-refractivity contribution in [3.63, 3.8) is 0 Å². The highest BCUT2D eigenvalue weighted by Crippen LogP contribution is 2.30. The first-order valence-electron chi connectivity index (χ1n) is 9.08. The Hall–Kier alpha value is -1.90. The molecule has 0 unspecified atom stereocenters. The fourth-order valence-corrected chi connectivity index (χ4v) is 5.29. The molecule has 1 aliphatic rings. The van der Waals surface area contributed by atoms with Crippen LogP contribution in [0.5, 0.6) is 5.75 Å². The second kappa shape index (κ2) is 8.86. The molecule has 1 aromatic heterocycles. The normalized spacial score (nSPS) is 15.4. The first-order valence-corrected chi connectivity index (χ1v) is 11.5. The fraction of sp³-hybridized carbons (Fsp3) is 0.421. The summed E-state index contributed by atoms with van der Waals surface area (Å²) in [6, 6.07) is 6.55. The zero-order chi connectivity index (χ0) is 19.3. The summed E-state index contributed by atoms with van der Waals surface area (Å²) in [5, 5.41) is 6.64. The quantitative estimate of drug-likeness (QED) is 0.761. The van der Waals surface area contributed by atoms with Gasteiger partial charge < -0.3 is 10.1 Å². The minimum atomic E-state index is -3.57. The van der Waals surface area contributed by atoms with Crippen LogP contribution < -0.4 is 10.1 Å². The Balaban J connectivity index is 1.84. The number of amides is 1. The number of carbonyl (C=O) groups is 1. The van der Waals surface area contributed by atoms with Crippen LogP contribution >= 0.6 is 11.3 Å². The molecular weight excluding hydrogens is 384 g/mol. The van der Waals surface area contributed by atoms with Crippen LogP contribution in [0.25, 0.3) is 0 Å². The van der Waals surface area contributed by atoms with Crippen LogP contribution in [0, 0.1) is 0 Å². The van der Waals surface area contributed by atoms with Crippen molar-refractivity contribution in [3.05, 3.63) is 40.6 Å². The van der Waals surface area contributed by atoms with Gasteiger partial charge in [0.05, 0.1) is 23.6 Å². The Kier molecular flexibility index (Phi) is 6.51. The molecule has 1 saturated heterocycles. The van der Waals surface area contributed by atoms with Crippen LogP contribution in [0.1, 0.15) is 31.7 Å². The first-order chi connectivity index (χ1) is 13.0. The largest absolute Gasteiger partial charge is 0.492 e. The second-order valence-electron chi connectivity index (χ2n) is 6.41. The topological polar surface area (TPSA) is 75.7 Å². The molecule has 1 aromatic carbocycles. The highest BCUT2D eigenvalue weighted by molar-refractivity contribution is 7.89. The molecule has 1 N–H and O–H groups in total. The summed E-state index contributed by atoms with van der Waals surface area (Å²) >= 11 is 1.53. The molecule has 1 amide bonds. The monoisotopic (exact) mass is 408 g/mol. The second-order valence-corrected chi connectivity index (χ2v) is 9.13. The van der Waals surface area contributed by atoms with E-state index in [0.717, 1.165) is 24.8 Å². The standard InChI is InChI=1S/C19H24N2O4S2/c1-2-25-18-7-6-16(27(23,24)21-9-4-3-5-10-21)13-17(18)20-19(22)12-15-8-11-26-14-15/h6-8,11,13-14H,2-5,9-10,12H2,1H3,(H,20,22). The van der Waals surface area contributed by atoms with Gasteiger partial charge in [-0.1, -0.05) is 6.42 Å². The molecule has 0 spiro atoms. The molecule has 0 bridgehead atoms. The Morgan fingerprint density at radius 3 is 2.67 bits per heavy atom. The number of nitrogens with zero attached hydrogens (tertiary/aromatic N) is 1. The van der Waals surface area contributed by atoms with E-state index in [1.807, 2.05) is 23.8 Å². The lowest BCUT2D eigenvalue weighted by Crippen LogP contribution is -2.35. The van der Waals surface area contributed by atoms with E-state index in [-0.39, 0.29) is 17.2 Å². The van der Waals surface area contributed by atoms with Crippen molar-refractivity contribution in [2.45, 2.75) is 37.5 Å². The van der Waals surface area contributed by atoms with Crippen molar-refractivity contribution < 1.29 is 17.9 Å². The summed E-state index contributed by atoms with van der Waals surface area (Å²) in [5.41, 5.74) is 1.31. The van der Waals surface area contributed by atoms with E-state index < -0.39 is 10.0 Å². The minimum absolute atomic E-state index is 0.179. The van der Waals surface area contributed by atoms with Crippen LogP contribution in [-0.4, -0.2) is 38.3 Å². The maximum absolute atomic E-state index is 12.9. The number of hydrogen-bond acceptors (Lipinski definition) is 5. The lowest BCUT2D eigenvalue weighted by atomic mass is 10.2. The van der Waals surface area contributed by atoms with Gasteiger partial charge in [0.25, 0.3) is 0 Å². The number of sulfonamides is 1. The number of anilines is 1. The minimum Gasteiger partial charge on any atom is -0.492 e. The zero-order valence-electron chi connectivity index (χ0n) is 15.3. The Morgan fingerprint density at radius 1 is 1.22 bits per heavy atom. The SMILES string of the molecule is CCOc1ccc(S(=O)(=O)N2CCCCC2)cc1NC(=O)Cc1ccsc1. The van der Waals surface area contributed by atoms with E-state index in [9.17, 15) is 13.2 Å². The molecule has 1 aliphatic heterocycles. The molecule has 2 heterocycles. The lowest BCUT2D eigenvalue weighted by molar-refractivity contribution is -0.115. The summed E-state index contributed by atoms with van der Waals surface area (Å²) in [7, 11) is -3.57. The van der Waals surface area contributed by atoms with Gasteiger partial charge in [-0.05, 0) is 60.4 Å². The number of piperidine rings is 1. The third-order valence-electron chi connectivity index (χ3n) is 4.42. The van der Waals surface area contributed by atoms with Crippen molar-refractivity contribution in [2.24, 2.45) is 0 Å². The van der Waals surface area contributed by atoms with Gasteiger partial charge in [-0.3, -0.25) is 4.79 Å². The number of benzene rings is 1. The lowest BCUT2D eigenvalue weighted by Gasteiger charge is -2.26. The summed E-state index contributed by atoms with van der Waals surface area (Å²) in [5.74, 6) is 0.260. The van der Waals surface area contributed by atoms with E-state index in [1.165, 1.54) is 21.7 Å². The molecule has 27 heavy (non-hydrogen) atoms. The van der Waals surface area contributed by atoms with Crippen molar-refractivity contribution in [1.29, 1.82) is 0 Å². The van der Waals surface area contributed by atoms with E-state index in [1.54, 1.807) is 12.1 Å². The van der Waals surface area contributed by atoms with E-state index >= 15 is 0 Å². The van der Waals surface area contributed by atoms with Gasteiger partial charge in [0, 0.05) is 13.1 Å². The molecule has 2 aromatic rings. The number of rotatable bonds is 7. The molecule has 0 saturated carbocycles.